The van der Waals surface area contributed by atoms with Crippen molar-refractivity contribution in [1.82, 2.24) is 9.88 Å². The molecule has 1 N–H and O–H groups in total. The van der Waals surface area contributed by atoms with Gasteiger partial charge in [-0.3, -0.25) is 4.90 Å². The number of rotatable bonds is 5. The molecule has 0 bridgehead atoms. The van der Waals surface area contributed by atoms with E-state index in [0.29, 0.717) is 0 Å². The maximum Gasteiger partial charge on any atom is 0.126 e. The lowest BCUT2D eigenvalue weighted by Crippen LogP contribution is -2.18. The molecule has 0 fully saturated rings. The second kappa shape index (κ2) is 6.34. The first-order valence-electron chi connectivity index (χ1n) is 6.55. The van der Waals surface area contributed by atoms with Crippen LogP contribution >= 0.6 is 0 Å². The van der Waals surface area contributed by atoms with E-state index in [0.717, 1.165) is 24.6 Å². The summed E-state index contributed by atoms with van der Waals surface area (Å²) in [6.45, 7) is 3.91. The molecule has 3 nitrogen and oxygen atoms in total. The van der Waals surface area contributed by atoms with Crippen LogP contribution in [-0.4, -0.2) is 24.0 Å². The van der Waals surface area contributed by atoms with Gasteiger partial charge < -0.3 is 5.32 Å². The summed E-state index contributed by atoms with van der Waals surface area (Å²) < 4.78 is 0. The van der Waals surface area contributed by atoms with Crippen molar-refractivity contribution in [2.45, 2.75) is 20.0 Å². The first kappa shape index (κ1) is 13.6. The topological polar surface area (TPSA) is 28.2 Å². The van der Waals surface area contributed by atoms with Crippen LogP contribution in [0, 0.1) is 6.92 Å². The van der Waals surface area contributed by atoms with E-state index >= 15 is 0 Å². The SMILES string of the molecule is CNc1cccc(CN(C)Cc2cccc(C)c2)n1. The molecule has 0 atom stereocenters. The van der Waals surface area contributed by atoms with E-state index < -0.39 is 0 Å². The molecule has 0 aliphatic carbocycles. The summed E-state index contributed by atoms with van der Waals surface area (Å²) in [5, 5.41) is 3.07. The zero-order valence-electron chi connectivity index (χ0n) is 11.9. The van der Waals surface area contributed by atoms with Gasteiger partial charge in [-0.2, -0.15) is 0 Å². The first-order valence-corrected chi connectivity index (χ1v) is 6.55. The highest BCUT2D eigenvalue weighted by Crippen LogP contribution is 2.10. The zero-order chi connectivity index (χ0) is 13.7. The van der Waals surface area contributed by atoms with E-state index in [9.17, 15) is 0 Å². The highest BCUT2D eigenvalue weighted by molar-refractivity contribution is 5.34. The van der Waals surface area contributed by atoms with Gasteiger partial charge in [-0.25, -0.2) is 4.98 Å². The van der Waals surface area contributed by atoms with E-state index in [1.807, 2.05) is 19.2 Å². The molecule has 2 aromatic rings. The summed E-state index contributed by atoms with van der Waals surface area (Å²) in [5.74, 6) is 0.918. The highest BCUT2D eigenvalue weighted by Gasteiger charge is 2.03. The monoisotopic (exact) mass is 255 g/mol. The van der Waals surface area contributed by atoms with Crippen LogP contribution in [0.1, 0.15) is 16.8 Å². The summed E-state index contributed by atoms with van der Waals surface area (Å²) >= 11 is 0. The number of benzene rings is 1. The fraction of sp³-hybridized carbons (Fsp3) is 0.312. The molecule has 0 unspecified atom stereocenters. The maximum atomic E-state index is 4.54. The number of aromatic nitrogens is 1. The van der Waals surface area contributed by atoms with Gasteiger partial charge in [0.25, 0.3) is 0 Å². The van der Waals surface area contributed by atoms with Gasteiger partial charge >= 0.3 is 0 Å². The molecule has 0 aliphatic heterocycles. The third-order valence-electron chi connectivity index (χ3n) is 3.03. The van der Waals surface area contributed by atoms with Crippen molar-refractivity contribution < 1.29 is 0 Å². The van der Waals surface area contributed by atoms with Crippen molar-refractivity contribution in [3.05, 3.63) is 59.3 Å². The van der Waals surface area contributed by atoms with Crippen LogP contribution in [0.2, 0.25) is 0 Å². The lowest BCUT2D eigenvalue weighted by atomic mass is 10.1. The Bertz CT molecular complexity index is 537. The van der Waals surface area contributed by atoms with Gasteiger partial charge in [-0.05, 0) is 31.7 Å². The smallest absolute Gasteiger partial charge is 0.126 e. The van der Waals surface area contributed by atoms with Crippen LogP contribution in [0.3, 0.4) is 0 Å². The van der Waals surface area contributed by atoms with E-state index in [1.54, 1.807) is 0 Å². The third-order valence-corrected chi connectivity index (χ3v) is 3.03. The number of pyridine rings is 1. The van der Waals surface area contributed by atoms with E-state index in [-0.39, 0.29) is 0 Å². The number of hydrogen-bond donors (Lipinski definition) is 1. The molecule has 0 spiro atoms. The highest BCUT2D eigenvalue weighted by atomic mass is 15.1. The van der Waals surface area contributed by atoms with Crippen LogP contribution in [0.25, 0.3) is 0 Å². The fourth-order valence-electron chi connectivity index (χ4n) is 2.16. The van der Waals surface area contributed by atoms with E-state index in [2.05, 4.69) is 59.5 Å². The number of hydrogen-bond acceptors (Lipinski definition) is 3. The Morgan fingerprint density at radius 3 is 2.63 bits per heavy atom. The van der Waals surface area contributed by atoms with E-state index in [4.69, 9.17) is 0 Å². The van der Waals surface area contributed by atoms with Gasteiger partial charge in [-0.15, -0.1) is 0 Å². The van der Waals surface area contributed by atoms with Crippen LogP contribution in [0.4, 0.5) is 5.82 Å². The molecule has 2 rings (SSSR count). The van der Waals surface area contributed by atoms with Gasteiger partial charge in [0.15, 0.2) is 0 Å². The molecule has 0 aliphatic rings. The molecule has 3 heteroatoms. The van der Waals surface area contributed by atoms with Crippen molar-refractivity contribution in [3.63, 3.8) is 0 Å². The van der Waals surface area contributed by atoms with Gasteiger partial charge in [0.2, 0.25) is 0 Å². The van der Waals surface area contributed by atoms with Crippen molar-refractivity contribution in [2.75, 3.05) is 19.4 Å². The predicted molar refractivity (Wildman–Crippen MR) is 80.1 cm³/mol. The standard InChI is InChI=1S/C16H21N3/c1-13-6-4-7-14(10-13)11-19(3)12-15-8-5-9-16(17-2)18-15/h4-10H,11-12H2,1-3H3,(H,17,18). The average molecular weight is 255 g/mol. The maximum absolute atomic E-state index is 4.54. The fourth-order valence-corrected chi connectivity index (χ4v) is 2.16. The van der Waals surface area contributed by atoms with Crippen LogP contribution < -0.4 is 5.32 Å². The van der Waals surface area contributed by atoms with Gasteiger partial charge in [-0.1, -0.05) is 35.9 Å². The van der Waals surface area contributed by atoms with E-state index in [1.165, 1.54) is 11.1 Å². The molecule has 1 heterocycles. The van der Waals surface area contributed by atoms with Crippen molar-refractivity contribution >= 4 is 5.82 Å². The van der Waals surface area contributed by atoms with Crippen LogP contribution in [-0.2, 0) is 13.1 Å². The largest absolute Gasteiger partial charge is 0.373 e. The van der Waals surface area contributed by atoms with Crippen molar-refractivity contribution in [1.29, 1.82) is 0 Å². The molecule has 19 heavy (non-hydrogen) atoms. The number of nitrogens with one attached hydrogen (secondary N) is 1. The molecule has 0 saturated carbocycles. The van der Waals surface area contributed by atoms with Crippen LogP contribution in [0.15, 0.2) is 42.5 Å². The Labute approximate surface area is 115 Å². The summed E-state index contributed by atoms with van der Waals surface area (Å²) in [5.41, 5.74) is 3.73. The Kier molecular flexibility index (Phi) is 4.53. The van der Waals surface area contributed by atoms with Crippen LogP contribution in [0.5, 0.6) is 0 Å². The minimum Gasteiger partial charge on any atom is -0.373 e. The lowest BCUT2D eigenvalue weighted by molar-refractivity contribution is 0.315. The minimum absolute atomic E-state index is 0.851. The second-order valence-electron chi connectivity index (χ2n) is 4.93. The molecule has 0 radical (unpaired) electrons. The summed E-state index contributed by atoms with van der Waals surface area (Å²) in [6, 6.07) is 14.7. The Morgan fingerprint density at radius 1 is 1.11 bits per heavy atom. The summed E-state index contributed by atoms with van der Waals surface area (Å²) in [4.78, 5) is 6.81. The van der Waals surface area contributed by atoms with Gasteiger partial charge in [0, 0.05) is 20.1 Å². The summed E-state index contributed by atoms with van der Waals surface area (Å²) in [6.07, 6.45) is 0. The molecule has 1 aromatic heterocycles. The molecule has 100 valence electrons. The Morgan fingerprint density at radius 2 is 1.89 bits per heavy atom. The normalized spacial score (nSPS) is 10.7. The number of aryl methyl sites for hydroxylation is 1. The van der Waals surface area contributed by atoms with Crippen molar-refractivity contribution in [3.8, 4) is 0 Å². The molecular weight excluding hydrogens is 234 g/mol. The molecular formula is C16H21N3. The quantitative estimate of drug-likeness (QED) is 0.890. The lowest BCUT2D eigenvalue weighted by Gasteiger charge is -2.17. The average Bonchev–Trinajstić information content (AvgIpc) is 2.38. The molecule has 0 saturated heterocycles. The second-order valence-corrected chi connectivity index (χ2v) is 4.93. The van der Waals surface area contributed by atoms with Gasteiger partial charge in [0.1, 0.15) is 5.82 Å². The molecule has 0 amide bonds. The van der Waals surface area contributed by atoms with Crippen molar-refractivity contribution in [2.24, 2.45) is 0 Å². The first-order chi connectivity index (χ1) is 9.17. The Hall–Kier alpha value is -1.87. The Balaban J connectivity index is 1.98. The zero-order valence-corrected chi connectivity index (χ0v) is 11.9. The predicted octanol–water partition coefficient (Wildman–Crippen LogP) is 3.06. The minimum atomic E-state index is 0.851. The summed E-state index contributed by atoms with van der Waals surface area (Å²) in [7, 11) is 4.01. The molecule has 1 aromatic carbocycles. The number of anilines is 1. The number of nitrogens with zero attached hydrogens (tertiary/aromatic N) is 2. The third kappa shape index (κ3) is 4.07. The van der Waals surface area contributed by atoms with Gasteiger partial charge in [0.05, 0.1) is 5.69 Å².